The van der Waals surface area contributed by atoms with Crippen LogP contribution in [0.3, 0.4) is 0 Å². The molecular weight excluding hydrogens is 160 g/mol. The largest absolute Gasteiger partial charge is 0.388 e. The van der Waals surface area contributed by atoms with E-state index in [4.69, 9.17) is 0 Å². The minimum atomic E-state index is -0.147. The van der Waals surface area contributed by atoms with Crippen molar-refractivity contribution in [3.63, 3.8) is 0 Å². The maximum atomic E-state index is 10.0. The summed E-state index contributed by atoms with van der Waals surface area (Å²) >= 11 is 0. The van der Waals surface area contributed by atoms with E-state index in [-0.39, 0.29) is 6.10 Å². The molecule has 2 aliphatic rings. The lowest BCUT2D eigenvalue weighted by Gasteiger charge is -2.20. The van der Waals surface area contributed by atoms with E-state index < -0.39 is 0 Å². The first kappa shape index (κ1) is 9.26. The van der Waals surface area contributed by atoms with E-state index in [1.165, 1.54) is 24.0 Å². The van der Waals surface area contributed by atoms with E-state index in [1.807, 2.05) is 0 Å². The summed E-state index contributed by atoms with van der Waals surface area (Å²) in [5.74, 6) is 1.19. The molecule has 1 heteroatoms. The molecule has 1 N–H and O–H groups in total. The molecule has 1 nitrogen and oxygen atoms in total. The van der Waals surface area contributed by atoms with Crippen molar-refractivity contribution in [1.29, 1.82) is 0 Å². The van der Waals surface area contributed by atoms with Crippen molar-refractivity contribution in [2.75, 3.05) is 0 Å². The molecule has 0 bridgehead atoms. The van der Waals surface area contributed by atoms with Crippen molar-refractivity contribution in [3.05, 3.63) is 11.1 Å². The third-order valence-corrected chi connectivity index (χ3v) is 4.11. The Morgan fingerprint density at radius 2 is 1.77 bits per heavy atom. The Morgan fingerprint density at radius 1 is 1.15 bits per heavy atom. The van der Waals surface area contributed by atoms with Gasteiger partial charge in [0.05, 0.1) is 6.10 Å². The van der Waals surface area contributed by atoms with E-state index in [0.29, 0.717) is 17.3 Å². The second kappa shape index (κ2) is 2.60. The zero-order chi connectivity index (χ0) is 9.80. The van der Waals surface area contributed by atoms with Crippen LogP contribution in [0.2, 0.25) is 0 Å². The first-order valence-electron chi connectivity index (χ1n) is 5.28. The van der Waals surface area contributed by atoms with Gasteiger partial charge in [-0.25, -0.2) is 0 Å². The number of allylic oxidation sites excluding steroid dienone is 1. The zero-order valence-electron chi connectivity index (χ0n) is 9.09. The zero-order valence-corrected chi connectivity index (χ0v) is 9.09. The lowest BCUT2D eigenvalue weighted by molar-refractivity contribution is 0.138. The van der Waals surface area contributed by atoms with Gasteiger partial charge in [-0.05, 0) is 49.5 Å². The quantitative estimate of drug-likeness (QED) is 0.568. The fraction of sp³-hybridized carbons (Fsp3) is 0.833. The number of aliphatic hydroxyl groups is 1. The van der Waals surface area contributed by atoms with Gasteiger partial charge in [0.1, 0.15) is 0 Å². The molecule has 0 aromatic carbocycles. The van der Waals surface area contributed by atoms with Gasteiger partial charge in [-0.2, -0.15) is 0 Å². The monoisotopic (exact) mass is 180 g/mol. The van der Waals surface area contributed by atoms with Gasteiger partial charge >= 0.3 is 0 Å². The molecule has 0 aromatic rings. The van der Waals surface area contributed by atoms with Crippen molar-refractivity contribution in [2.45, 2.75) is 46.6 Å². The van der Waals surface area contributed by atoms with E-state index in [9.17, 15) is 5.11 Å². The lowest BCUT2D eigenvalue weighted by atomic mass is 9.87. The highest BCUT2D eigenvalue weighted by Gasteiger charge is 2.47. The van der Waals surface area contributed by atoms with Crippen LogP contribution in [-0.2, 0) is 0 Å². The standard InChI is InChI=1S/C12H20O/c1-7-8(2)11(13)10-6-12(3,4)5-9(7)10/h9-11,13H,5-6H2,1-4H3/t9-,10-,11-/m1/s1. The summed E-state index contributed by atoms with van der Waals surface area (Å²) in [6.45, 7) is 8.93. The normalized spacial score (nSPS) is 42.7. The Balaban J connectivity index is 2.28. The highest BCUT2D eigenvalue weighted by atomic mass is 16.3. The van der Waals surface area contributed by atoms with Gasteiger partial charge in [-0.1, -0.05) is 19.4 Å². The second-order valence-electron chi connectivity index (χ2n) is 5.65. The Bertz CT molecular complexity index is 262. The van der Waals surface area contributed by atoms with Crippen molar-refractivity contribution in [1.82, 2.24) is 0 Å². The minimum absolute atomic E-state index is 0.147. The lowest BCUT2D eigenvalue weighted by Crippen LogP contribution is -2.18. The maximum absolute atomic E-state index is 10.0. The molecular formula is C12H20O. The van der Waals surface area contributed by atoms with Crippen LogP contribution < -0.4 is 0 Å². The molecule has 13 heavy (non-hydrogen) atoms. The number of rotatable bonds is 0. The molecule has 0 heterocycles. The van der Waals surface area contributed by atoms with Crippen LogP contribution >= 0.6 is 0 Å². The Labute approximate surface area is 80.8 Å². The first-order valence-corrected chi connectivity index (χ1v) is 5.28. The molecule has 1 fully saturated rings. The Morgan fingerprint density at radius 3 is 2.31 bits per heavy atom. The number of fused-ring (bicyclic) bond motifs is 1. The molecule has 74 valence electrons. The molecule has 0 radical (unpaired) electrons. The van der Waals surface area contributed by atoms with Crippen molar-refractivity contribution < 1.29 is 5.11 Å². The molecule has 1 saturated carbocycles. The molecule has 0 amide bonds. The average molecular weight is 180 g/mol. The smallest absolute Gasteiger partial charge is 0.0784 e. The van der Waals surface area contributed by atoms with Crippen LogP contribution in [0.1, 0.15) is 40.5 Å². The highest BCUT2D eigenvalue weighted by molar-refractivity contribution is 5.28. The third-order valence-electron chi connectivity index (χ3n) is 4.11. The van der Waals surface area contributed by atoms with Gasteiger partial charge in [-0.15, -0.1) is 0 Å². The van der Waals surface area contributed by atoms with Crippen LogP contribution in [0.4, 0.5) is 0 Å². The fourth-order valence-corrected chi connectivity index (χ4v) is 3.26. The van der Waals surface area contributed by atoms with Crippen molar-refractivity contribution >= 4 is 0 Å². The van der Waals surface area contributed by atoms with Gasteiger partial charge in [0.15, 0.2) is 0 Å². The fourth-order valence-electron chi connectivity index (χ4n) is 3.26. The van der Waals surface area contributed by atoms with Crippen molar-refractivity contribution in [2.24, 2.45) is 17.3 Å². The predicted octanol–water partition coefficient (Wildman–Crippen LogP) is 2.75. The predicted molar refractivity (Wildman–Crippen MR) is 54.4 cm³/mol. The van der Waals surface area contributed by atoms with Gasteiger partial charge in [0, 0.05) is 0 Å². The summed E-state index contributed by atoms with van der Waals surface area (Å²) in [4.78, 5) is 0. The summed E-state index contributed by atoms with van der Waals surface area (Å²) in [5, 5.41) is 10.0. The molecule has 0 aliphatic heterocycles. The van der Waals surface area contributed by atoms with Crippen LogP contribution in [0.5, 0.6) is 0 Å². The van der Waals surface area contributed by atoms with Gasteiger partial charge in [-0.3, -0.25) is 0 Å². The van der Waals surface area contributed by atoms with E-state index in [1.54, 1.807) is 0 Å². The van der Waals surface area contributed by atoms with E-state index >= 15 is 0 Å². The summed E-state index contributed by atoms with van der Waals surface area (Å²) in [5.41, 5.74) is 3.15. The van der Waals surface area contributed by atoms with Gasteiger partial charge < -0.3 is 5.11 Å². The molecule has 0 unspecified atom stereocenters. The summed E-state index contributed by atoms with van der Waals surface area (Å²) < 4.78 is 0. The van der Waals surface area contributed by atoms with E-state index in [2.05, 4.69) is 27.7 Å². The average Bonchev–Trinajstić information content (AvgIpc) is 2.44. The Kier molecular flexibility index (Phi) is 1.85. The highest BCUT2D eigenvalue weighted by Crippen LogP contribution is 2.54. The van der Waals surface area contributed by atoms with Crippen LogP contribution in [0.15, 0.2) is 11.1 Å². The molecule has 0 aromatic heterocycles. The summed E-state index contributed by atoms with van der Waals surface area (Å²) in [7, 11) is 0. The Hall–Kier alpha value is -0.300. The maximum Gasteiger partial charge on any atom is 0.0784 e. The number of aliphatic hydroxyl groups excluding tert-OH is 1. The van der Waals surface area contributed by atoms with Crippen LogP contribution in [0.25, 0.3) is 0 Å². The minimum Gasteiger partial charge on any atom is -0.388 e. The molecule has 3 atom stereocenters. The second-order valence-corrected chi connectivity index (χ2v) is 5.65. The van der Waals surface area contributed by atoms with Crippen LogP contribution in [-0.4, -0.2) is 11.2 Å². The summed E-state index contributed by atoms with van der Waals surface area (Å²) in [6.07, 6.45) is 2.30. The third kappa shape index (κ3) is 1.25. The van der Waals surface area contributed by atoms with Crippen LogP contribution in [0, 0.1) is 17.3 Å². The van der Waals surface area contributed by atoms with Gasteiger partial charge in [0.25, 0.3) is 0 Å². The number of hydrogen-bond acceptors (Lipinski definition) is 1. The first-order chi connectivity index (χ1) is 5.92. The van der Waals surface area contributed by atoms with Gasteiger partial charge in [0.2, 0.25) is 0 Å². The number of hydrogen-bond donors (Lipinski definition) is 1. The topological polar surface area (TPSA) is 20.2 Å². The molecule has 0 spiro atoms. The molecule has 2 rings (SSSR count). The molecule has 0 saturated heterocycles. The summed E-state index contributed by atoms with van der Waals surface area (Å²) in [6, 6.07) is 0. The SMILES string of the molecule is CC1=C(C)[C@H]2CC(C)(C)C[C@H]2[C@@H]1O. The van der Waals surface area contributed by atoms with E-state index in [0.717, 1.165) is 0 Å². The molecule has 2 aliphatic carbocycles. The van der Waals surface area contributed by atoms with Crippen molar-refractivity contribution in [3.8, 4) is 0 Å².